The number of amides is 1. The van der Waals surface area contributed by atoms with Gasteiger partial charge in [-0.3, -0.25) is 14.6 Å². The smallest absolute Gasteiger partial charge is 0.224 e. The molecule has 3 fully saturated rings. The van der Waals surface area contributed by atoms with Crippen LogP contribution in [0.1, 0.15) is 44.2 Å². The predicted molar refractivity (Wildman–Crippen MR) is 95.9 cm³/mol. The molecule has 1 saturated carbocycles. The highest BCUT2D eigenvalue weighted by Gasteiger charge is 2.33. The Morgan fingerprint density at radius 2 is 2.04 bits per heavy atom. The Labute approximate surface area is 148 Å². The van der Waals surface area contributed by atoms with E-state index < -0.39 is 0 Å². The van der Waals surface area contributed by atoms with E-state index in [9.17, 15) is 4.79 Å². The first-order chi connectivity index (χ1) is 11.8. The van der Waals surface area contributed by atoms with Gasteiger partial charge in [0.15, 0.2) is 0 Å². The average molecular weight is 349 g/mol. The first-order valence-corrected chi connectivity index (χ1v) is 10.4. The van der Waals surface area contributed by atoms with Gasteiger partial charge in [0.2, 0.25) is 5.91 Å². The highest BCUT2D eigenvalue weighted by Crippen LogP contribution is 2.26. The molecular formula is C18H28N4OS. The molecule has 3 aliphatic rings. The Kier molecular flexibility index (Phi) is 5.15. The van der Waals surface area contributed by atoms with Crippen molar-refractivity contribution < 1.29 is 4.79 Å². The SMILES string of the molecule is O=C(NC1CC1)[C@@H]1CCCN(C2CCN(Cc3cscn3)CC2)C1. The number of hydrogen-bond donors (Lipinski definition) is 1. The number of likely N-dealkylation sites (tertiary alicyclic amines) is 2. The lowest BCUT2D eigenvalue weighted by molar-refractivity contribution is -0.127. The summed E-state index contributed by atoms with van der Waals surface area (Å²) in [5.74, 6) is 0.524. The largest absolute Gasteiger partial charge is 0.353 e. The van der Waals surface area contributed by atoms with Gasteiger partial charge in [-0.1, -0.05) is 0 Å². The molecule has 1 aromatic heterocycles. The number of carbonyl (C=O) groups is 1. The summed E-state index contributed by atoms with van der Waals surface area (Å²) in [6.07, 6.45) is 7.04. The standard InChI is InChI=1S/C18H28N4OS/c23-18(20-15-3-4-15)14-2-1-7-22(10-14)17-5-8-21(9-6-17)11-16-12-24-13-19-16/h12-15,17H,1-11H2,(H,20,23)/t14-/m1/s1. The van der Waals surface area contributed by atoms with Gasteiger partial charge in [-0.2, -0.15) is 0 Å². The van der Waals surface area contributed by atoms with Gasteiger partial charge in [0.25, 0.3) is 0 Å². The minimum atomic E-state index is 0.215. The zero-order valence-corrected chi connectivity index (χ0v) is 15.1. The van der Waals surface area contributed by atoms with Gasteiger partial charge < -0.3 is 5.32 Å². The van der Waals surface area contributed by atoms with Crippen molar-refractivity contribution >= 4 is 17.2 Å². The molecule has 24 heavy (non-hydrogen) atoms. The summed E-state index contributed by atoms with van der Waals surface area (Å²) < 4.78 is 0. The molecule has 1 aromatic rings. The van der Waals surface area contributed by atoms with Crippen LogP contribution in [0.5, 0.6) is 0 Å². The minimum Gasteiger partial charge on any atom is -0.353 e. The second-order valence-corrected chi connectivity index (χ2v) is 8.32. The Balaban J connectivity index is 1.24. The lowest BCUT2D eigenvalue weighted by Crippen LogP contribution is -2.50. The average Bonchev–Trinajstić information content (AvgIpc) is 3.28. The second kappa shape index (κ2) is 7.50. The van der Waals surface area contributed by atoms with E-state index in [1.807, 2.05) is 5.51 Å². The summed E-state index contributed by atoms with van der Waals surface area (Å²) in [6, 6.07) is 1.15. The number of nitrogens with one attached hydrogen (secondary N) is 1. The van der Waals surface area contributed by atoms with Crippen LogP contribution >= 0.6 is 11.3 Å². The van der Waals surface area contributed by atoms with Crippen LogP contribution in [0.2, 0.25) is 0 Å². The molecule has 1 amide bonds. The molecule has 3 heterocycles. The second-order valence-electron chi connectivity index (χ2n) is 7.60. The third kappa shape index (κ3) is 4.16. The van der Waals surface area contributed by atoms with Crippen LogP contribution in [0.15, 0.2) is 10.9 Å². The Morgan fingerprint density at radius 3 is 2.75 bits per heavy atom. The van der Waals surface area contributed by atoms with E-state index in [-0.39, 0.29) is 5.92 Å². The number of nitrogens with zero attached hydrogens (tertiary/aromatic N) is 3. The first kappa shape index (κ1) is 16.5. The molecule has 0 spiro atoms. The van der Waals surface area contributed by atoms with Gasteiger partial charge in [-0.05, 0) is 45.1 Å². The summed E-state index contributed by atoms with van der Waals surface area (Å²) in [4.78, 5) is 21.9. The Hall–Kier alpha value is -0.980. The highest BCUT2D eigenvalue weighted by atomic mass is 32.1. The number of rotatable bonds is 5. The zero-order valence-electron chi connectivity index (χ0n) is 14.3. The van der Waals surface area contributed by atoms with E-state index in [4.69, 9.17) is 0 Å². The molecule has 4 rings (SSSR count). The fraction of sp³-hybridized carbons (Fsp3) is 0.778. The van der Waals surface area contributed by atoms with Gasteiger partial charge >= 0.3 is 0 Å². The number of aromatic nitrogens is 1. The molecule has 0 radical (unpaired) electrons. The van der Waals surface area contributed by atoms with Gasteiger partial charge in [0, 0.05) is 43.6 Å². The maximum atomic E-state index is 12.4. The summed E-state index contributed by atoms with van der Waals surface area (Å²) in [5.41, 5.74) is 3.12. The molecule has 1 atom stereocenters. The normalized spacial score (nSPS) is 27.2. The van der Waals surface area contributed by atoms with Gasteiger partial charge in [-0.15, -0.1) is 11.3 Å². The maximum absolute atomic E-state index is 12.4. The van der Waals surface area contributed by atoms with Crippen molar-refractivity contribution in [2.75, 3.05) is 26.2 Å². The van der Waals surface area contributed by atoms with E-state index in [1.54, 1.807) is 11.3 Å². The molecule has 0 bridgehead atoms. The lowest BCUT2D eigenvalue weighted by Gasteiger charge is -2.42. The maximum Gasteiger partial charge on any atom is 0.224 e. The van der Waals surface area contributed by atoms with E-state index in [0.29, 0.717) is 18.0 Å². The summed E-state index contributed by atoms with van der Waals surface area (Å²) >= 11 is 1.68. The molecular weight excluding hydrogens is 320 g/mol. The van der Waals surface area contributed by atoms with Crippen LogP contribution in [0.4, 0.5) is 0 Å². The first-order valence-electron chi connectivity index (χ1n) is 9.42. The van der Waals surface area contributed by atoms with Gasteiger partial charge in [-0.25, -0.2) is 4.98 Å². The van der Waals surface area contributed by atoms with Crippen LogP contribution in [-0.2, 0) is 11.3 Å². The molecule has 0 unspecified atom stereocenters. The number of piperidine rings is 2. The van der Waals surface area contributed by atoms with E-state index in [1.165, 1.54) is 44.3 Å². The van der Waals surface area contributed by atoms with Crippen LogP contribution in [-0.4, -0.2) is 59.0 Å². The van der Waals surface area contributed by atoms with Crippen molar-refractivity contribution in [3.05, 3.63) is 16.6 Å². The molecule has 5 nitrogen and oxygen atoms in total. The molecule has 2 saturated heterocycles. The Bertz CT molecular complexity index is 537. The molecule has 1 aliphatic carbocycles. The molecule has 6 heteroatoms. The summed E-state index contributed by atoms with van der Waals surface area (Å²) in [7, 11) is 0. The van der Waals surface area contributed by atoms with Crippen LogP contribution in [0, 0.1) is 5.92 Å². The Morgan fingerprint density at radius 1 is 1.21 bits per heavy atom. The number of thiazole rings is 1. The van der Waals surface area contributed by atoms with Crippen LogP contribution in [0.25, 0.3) is 0 Å². The highest BCUT2D eigenvalue weighted by molar-refractivity contribution is 7.07. The van der Waals surface area contributed by atoms with Crippen molar-refractivity contribution in [2.45, 2.75) is 57.2 Å². The molecule has 0 aromatic carbocycles. The topological polar surface area (TPSA) is 48.5 Å². The van der Waals surface area contributed by atoms with Gasteiger partial charge in [0.05, 0.1) is 17.1 Å². The third-order valence-electron chi connectivity index (χ3n) is 5.69. The summed E-state index contributed by atoms with van der Waals surface area (Å²) in [5, 5.41) is 5.35. The molecule has 132 valence electrons. The fourth-order valence-corrected chi connectivity index (χ4v) is 4.64. The van der Waals surface area contributed by atoms with Crippen molar-refractivity contribution in [1.82, 2.24) is 20.1 Å². The van der Waals surface area contributed by atoms with Gasteiger partial charge in [0.1, 0.15) is 0 Å². The molecule has 2 aliphatic heterocycles. The number of hydrogen-bond acceptors (Lipinski definition) is 5. The van der Waals surface area contributed by atoms with Crippen molar-refractivity contribution in [1.29, 1.82) is 0 Å². The zero-order chi connectivity index (χ0) is 16.4. The predicted octanol–water partition coefficient (Wildman–Crippen LogP) is 2.10. The quantitative estimate of drug-likeness (QED) is 0.885. The van der Waals surface area contributed by atoms with Crippen molar-refractivity contribution in [3.8, 4) is 0 Å². The van der Waals surface area contributed by atoms with E-state index in [0.717, 1.165) is 32.6 Å². The van der Waals surface area contributed by atoms with E-state index >= 15 is 0 Å². The third-order valence-corrected chi connectivity index (χ3v) is 6.33. The van der Waals surface area contributed by atoms with Crippen LogP contribution < -0.4 is 5.32 Å². The van der Waals surface area contributed by atoms with Crippen molar-refractivity contribution in [3.63, 3.8) is 0 Å². The fourth-order valence-electron chi connectivity index (χ4n) is 4.09. The number of carbonyl (C=O) groups excluding carboxylic acids is 1. The minimum absolute atomic E-state index is 0.215. The molecule has 1 N–H and O–H groups in total. The lowest BCUT2D eigenvalue weighted by atomic mass is 9.93. The summed E-state index contributed by atoms with van der Waals surface area (Å²) in [6.45, 7) is 5.43. The van der Waals surface area contributed by atoms with Crippen molar-refractivity contribution in [2.24, 2.45) is 5.92 Å². The van der Waals surface area contributed by atoms with E-state index in [2.05, 4.69) is 25.5 Å². The van der Waals surface area contributed by atoms with Crippen LogP contribution in [0.3, 0.4) is 0 Å². The monoisotopic (exact) mass is 348 g/mol.